The fourth-order valence-electron chi connectivity index (χ4n) is 4.76. The standard InChI is InChI=1S/C28H37N7O6/c1-14-15(2)18(30-12-16-13-31-20-19(32-16)21(36)34-25(29)33-20)11-10-17(14)22(37)35(8)28(7,24(40)41-9)27(5,6)26(3,4)23(38)39/h10-11,13,30H,12H2,1-9H3,(H,38,39)(H3,29,31,33,34,36). The lowest BCUT2D eigenvalue weighted by Gasteiger charge is -2.53. The third-order valence-corrected chi connectivity index (χ3v) is 8.84. The van der Waals surface area contributed by atoms with Crippen LogP contribution in [0.5, 0.6) is 0 Å². The van der Waals surface area contributed by atoms with Gasteiger partial charge >= 0.3 is 11.9 Å². The Kier molecular flexibility index (Phi) is 8.15. The minimum absolute atomic E-state index is 0.0462. The SMILES string of the molecule is COC(=O)C(C)(N(C)C(=O)c1ccc(NCc2cnc3nc(N)[nH]c(=O)c3n2)c(C)c1C)C(C)(C)C(C)(C)C(=O)O. The molecule has 3 aromatic rings. The van der Waals surface area contributed by atoms with Gasteiger partial charge in [-0.2, -0.15) is 4.98 Å². The van der Waals surface area contributed by atoms with Crippen molar-refractivity contribution in [2.45, 2.75) is 60.5 Å². The second-order valence-corrected chi connectivity index (χ2v) is 11.2. The number of nitrogen functional groups attached to an aromatic ring is 1. The molecule has 0 fully saturated rings. The molecular formula is C28H37N7O6. The molecule has 13 nitrogen and oxygen atoms in total. The summed E-state index contributed by atoms with van der Waals surface area (Å²) in [5.41, 5.74) is 3.97. The summed E-state index contributed by atoms with van der Waals surface area (Å²) in [5, 5.41) is 13.2. The van der Waals surface area contributed by atoms with Crippen LogP contribution < -0.4 is 16.6 Å². The zero-order chi connectivity index (χ0) is 31.1. The summed E-state index contributed by atoms with van der Waals surface area (Å²) in [5.74, 6) is -2.35. The number of aromatic amines is 1. The zero-order valence-corrected chi connectivity index (χ0v) is 24.8. The molecule has 1 atom stereocenters. The van der Waals surface area contributed by atoms with Crippen molar-refractivity contribution in [3.05, 3.63) is 51.1 Å². The number of carbonyl (C=O) groups excluding carboxylic acids is 2. The summed E-state index contributed by atoms with van der Waals surface area (Å²) in [6.45, 7) is 11.7. The van der Waals surface area contributed by atoms with E-state index in [1.807, 2.05) is 6.92 Å². The van der Waals surface area contributed by atoms with Crippen LogP contribution in [0, 0.1) is 24.7 Å². The molecule has 0 radical (unpaired) electrons. The van der Waals surface area contributed by atoms with Gasteiger partial charge in [0.15, 0.2) is 11.2 Å². The molecule has 1 unspecified atom stereocenters. The minimum atomic E-state index is -1.63. The van der Waals surface area contributed by atoms with E-state index in [9.17, 15) is 24.3 Å². The molecule has 0 aliphatic rings. The van der Waals surface area contributed by atoms with Gasteiger partial charge in [-0.05, 0) is 57.9 Å². The Morgan fingerprint density at radius 3 is 2.32 bits per heavy atom. The van der Waals surface area contributed by atoms with Crippen molar-refractivity contribution in [1.29, 1.82) is 0 Å². The number of nitrogens with zero attached hydrogens (tertiary/aromatic N) is 4. The summed E-state index contributed by atoms with van der Waals surface area (Å²) < 4.78 is 5.09. The van der Waals surface area contributed by atoms with Crippen LogP contribution in [-0.4, -0.2) is 67.5 Å². The van der Waals surface area contributed by atoms with Crippen molar-refractivity contribution < 1.29 is 24.2 Å². The molecule has 41 heavy (non-hydrogen) atoms. The van der Waals surface area contributed by atoms with Gasteiger partial charge in [-0.3, -0.25) is 19.4 Å². The summed E-state index contributed by atoms with van der Waals surface area (Å²) >= 11 is 0. The summed E-state index contributed by atoms with van der Waals surface area (Å²) in [6.07, 6.45) is 1.49. The number of H-pyrrole nitrogens is 1. The minimum Gasteiger partial charge on any atom is -0.481 e. The van der Waals surface area contributed by atoms with Gasteiger partial charge < -0.3 is 25.8 Å². The number of rotatable bonds is 9. The zero-order valence-electron chi connectivity index (χ0n) is 24.8. The highest BCUT2D eigenvalue weighted by Gasteiger charge is 2.61. The van der Waals surface area contributed by atoms with Crippen LogP contribution in [0.1, 0.15) is 61.8 Å². The molecule has 2 aromatic heterocycles. The molecule has 0 spiro atoms. The number of nitrogens with two attached hydrogens (primary N) is 1. The number of benzene rings is 1. The summed E-state index contributed by atoms with van der Waals surface area (Å²) in [4.78, 5) is 67.6. The molecule has 220 valence electrons. The van der Waals surface area contributed by atoms with Crippen molar-refractivity contribution in [2.75, 3.05) is 25.2 Å². The normalized spacial score (nSPS) is 13.4. The maximum atomic E-state index is 13.9. The fraction of sp³-hybridized carbons (Fsp3) is 0.464. The molecule has 1 aromatic carbocycles. The van der Waals surface area contributed by atoms with Crippen LogP contribution in [0.15, 0.2) is 23.1 Å². The van der Waals surface area contributed by atoms with Crippen LogP contribution >= 0.6 is 0 Å². The molecule has 1 amide bonds. The topological polar surface area (TPSA) is 193 Å². The Labute approximate surface area is 237 Å². The van der Waals surface area contributed by atoms with Crippen molar-refractivity contribution in [2.24, 2.45) is 10.8 Å². The van der Waals surface area contributed by atoms with Gasteiger partial charge in [-0.25, -0.2) is 14.8 Å². The number of ether oxygens (including phenoxy) is 1. The first kappa shape index (κ1) is 31.0. The molecule has 0 aliphatic carbocycles. The van der Waals surface area contributed by atoms with Crippen molar-refractivity contribution in [3.8, 4) is 0 Å². The highest BCUT2D eigenvalue weighted by Crippen LogP contribution is 2.50. The Bertz CT molecular complexity index is 1600. The number of fused-ring (bicyclic) bond motifs is 1. The van der Waals surface area contributed by atoms with Crippen molar-refractivity contribution in [1.82, 2.24) is 24.8 Å². The number of nitrogens with one attached hydrogen (secondary N) is 2. The largest absolute Gasteiger partial charge is 0.481 e. The van der Waals surface area contributed by atoms with E-state index >= 15 is 0 Å². The number of hydrogen-bond acceptors (Lipinski definition) is 10. The number of anilines is 2. The molecule has 0 aliphatic heterocycles. The van der Waals surface area contributed by atoms with E-state index in [4.69, 9.17) is 10.5 Å². The Morgan fingerprint density at radius 2 is 1.73 bits per heavy atom. The average molecular weight is 568 g/mol. The lowest BCUT2D eigenvalue weighted by molar-refractivity contribution is -0.175. The molecule has 13 heteroatoms. The maximum absolute atomic E-state index is 13.9. The van der Waals surface area contributed by atoms with E-state index in [1.54, 1.807) is 32.9 Å². The third-order valence-electron chi connectivity index (χ3n) is 8.84. The van der Waals surface area contributed by atoms with Gasteiger partial charge in [0.1, 0.15) is 5.54 Å². The number of amides is 1. The molecule has 0 saturated heterocycles. The highest BCUT2D eigenvalue weighted by atomic mass is 16.5. The lowest BCUT2D eigenvalue weighted by atomic mass is 9.57. The Morgan fingerprint density at radius 1 is 1.10 bits per heavy atom. The van der Waals surface area contributed by atoms with E-state index in [0.717, 1.165) is 11.3 Å². The van der Waals surface area contributed by atoms with Gasteiger partial charge in [-0.1, -0.05) is 13.8 Å². The van der Waals surface area contributed by atoms with E-state index in [1.165, 1.54) is 46.0 Å². The van der Waals surface area contributed by atoms with Gasteiger partial charge in [0.05, 0.1) is 31.0 Å². The van der Waals surface area contributed by atoms with Gasteiger partial charge in [0.25, 0.3) is 11.5 Å². The van der Waals surface area contributed by atoms with Gasteiger partial charge in [-0.15, -0.1) is 0 Å². The van der Waals surface area contributed by atoms with E-state index in [-0.39, 0.29) is 23.7 Å². The first-order chi connectivity index (χ1) is 18.9. The Hall–Kier alpha value is -4.55. The predicted octanol–water partition coefficient (Wildman–Crippen LogP) is 2.66. The number of esters is 1. The summed E-state index contributed by atoms with van der Waals surface area (Å²) in [7, 11) is 2.68. The monoisotopic (exact) mass is 567 g/mol. The number of carbonyl (C=O) groups is 3. The molecule has 3 rings (SSSR count). The van der Waals surface area contributed by atoms with Gasteiger partial charge in [0, 0.05) is 23.7 Å². The van der Waals surface area contributed by atoms with Crippen LogP contribution in [0.25, 0.3) is 11.2 Å². The first-order valence-electron chi connectivity index (χ1n) is 12.9. The number of carboxylic acid groups (broad SMARTS) is 1. The van der Waals surface area contributed by atoms with Crippen molar-refractivity contribution in [3.63, 3.8) is 0 Å². The second-order valence-electron chi connectivity index (χ2n) is 11.2. The number of aliphatic carboxylic acids is 1. The first-order valence-corrected chi connectivity index (χ1v) is 12.9. The van der Waals surface area contributed by atoms with E-state index < -0.39 is 39.8 Å². The quantitative estimate of drug-likeness (QED) is 0.278. The highest BCUT2D eigenvalue weighted by molar-refractivity contribution is 6.00. The molecule has 2 heterocycles. The van der Waals surface area contributed by atoms with Crippen LogP contribution in [0.4, 0.5) is 11.6 Å². The summed E-state index contributed by atoms with van der Waals surface area (Å²) in [6, 6.07) is 3.37. The molecule has 0 bridgehead atoms. The number of methoxy groups -OCH3 is 1. The predicted molar refractivity (Wildman–Crippen MR) is 153 cm³/mol. The van der Waals surface area contributed by atoms with E-state index in [0.29, 0.717) is 16.8 Å². The van der Waals surface area contributed by atoms with Crippen molar-refractivity contribution >= 4 is 40.6 Å². The molecular weight excluding hydrogens is 530 g/mol. The Balaban J connectivity index is 1.94. The number of hydrogen-bond donors (Lipinski definition) is 4. The lowest BCUT2D eigenvalue weighted by Crippen LogP contribution is -2.67. The second kappa shape index (κ2) is 10.8. The average Bonchev–Trinajstić information content (AvgIpc) is 2.91. The van der Waals surface area contributed by atoms with Gasteiger partial charge in [0.2, 0.25) is 5.95 Å². The smallest absolute Gasteiger partial charge is 0.332 e. The van der Waals surface area contributed by atoms with Crippen LogP contribution in [0.3, 0.4) is 0 Å². The number of aromatic nitrogens is 4. The molecule has 5 N–H and O–H groups in total. The molecule has 0 saturated carbocycles. The van der Waals surface area contributed by atoms with Crippen LogP contribution in [-0.2, 0) is 20.9 Å². The fourth-order valence-corrected chi connectivity index (χ4v) is 4.76. The number of carboxylic acids is 1. The van der Waals surface area contributed by atoms with Crippen LogP contribution in [0.2, 0.25) is 0 Å². The maximum Gasteiger partial charge on any atom is 0.332 e. The van der Waals surface area contributed by atoms with E-state index in [2.05, 4.69) is 25.3 Å². The number of likely N-dealkylation sites (N-methyl/N-ethyl adjacent to an activating group) is 1. The third kappa shape index (κ3) is 5.07.